The molecule has 0 aliphatic carbocycles. The van der Waals surface area contributed by atoms with Gasteiger partial charge in [-0.25, -0.2) is 0 Å². The molecular formula is C14H13BrOS. The van der Waals surface area contributed by atoms with Gasteiger partial charge < -0.3 is 0 Å². The largest absolute Gasteiger partial charge is 0.294 e. The van der Waals surface area contributed by atoms with Crippen molar-refractivity contribution in [1.82, 2.24) is 0 Å². The first kappa shape index (κ1) is 12.5. The summed E-state index contributed by atoms with van der Waals surface area (Å²) in [7, 11) is 0. The minimum Gasteiger partial charge on any atom is -0.294 e. The van der Waals surface area contributed by atoms with E-state index in [9.17, 15) is 4.79 Å². The van der Waals surface area contributed by atoms with Gasteiger partial charge in [-0.15, -0.1) is 11.3 Å². The fraction of sp³-hybridized carbons (Fsp3) is 0.214. The lowest BCUT2D eigenvalue weighted by atomic mass is 10.1. The summed E-state index contributed by atoms with van der Waals surface area (Å²) in [6.07, 6.45) is 2.52. The van der Waals surface area contributed by atoms with Crippen LogP contribution >= 0.6 is 27.3 Å². The molecule has 0 atom stereocenters. The highest BCUT2D eigenvalue weighted by atomic mass is 79.9. The van der Waals surface area contributed by atoms with E-state index >= 15 is 0 Å². The number of benzene rings is 1. The van der Waals surface area contributed by atoms with Gasteiger partial charge in [-0.2, -0.15) is 0 Å². The summed E-state index contributed by atoms with van der Waals surface area (Å²) in [5, 5.41) is 2.08. The monoisotopic (exact) mass is 308 g/mol. The normalized spacial score (nSPS) is 10.4. The van der Waals surface area contributed by atoms with Crippen molar-refractivity contribution in [3.63, 3.8) is 0 Å². The number of rotatable bonds is 5. The molecular weight excluding hydrogens is 296 g/mol. The molecule has 88 valence electrons. The van der Waals surface area contributed by atoms with Gasteiger partial charge in [-0.3, -0.25) is 4.79 Å². The van der Waals surface area contributed by atoms with Gasteiger partial charge in [0.15, 0.2) is 5.78 Å². The Hall–Kier alpha value is -0.930. The first-order chi connectivity index (χ1) is 8.25. The zero-order chi connectivity index (χ0) is 12.1. The Morgan fingerprint density at radius 3 is 2.65 bits per heavy atom. The molecule has 0 aliphatic heterocycles. The number of aryl methyl sites for hydroxylation is 1. The lowest BCUT2D eigenvalue weighted by Gasteiger charge is -1.99. The summed E-state index contributed by atoms with van der Waals surface area (Å²) in [6.45, 7) is 0. The Kier molecular flexibility index (Phi) is 4.51. The van der Waals surface area contributed by atoms with Gasteiger partial charge >= 0.3 is 0 Å². The molecule has 2 aromatic rings. The van der Waals surface area contributed by atoms with Gasteiger partial charge in [0.2, 0.25) is 0 Å². The highest BCUT2D eigenvalue weighted by Crippen LogP contribution is 2.21. The van der Waals surface area contributed by atoms with Crippen LogP contribution in [0.2, 0.25) is 0 Å². The molecule has 17 heavy (non-hydrogen) atoms. The molecule has 1 aromatic heterocycles. The highest BCUT2D eigenvalue weighted by molar-refractivity contribution is 9.10. The number of ketones is 1. The number of carbonyl (C=O) groups excluding carboxylic acids is 1. The third-order valence-electron chi connectivity index (χ3n) is 2.54. The van der Waals surface area contributed by atoms with E-state index in [1.807, 2.05) is 30.3 Å². The number of thiophene rings is 1. The van der Waals surface area contributed by atoms with Crippen molar-refractivity contribution in [2.75, 3.05) is 0 Å². The average Bonchev–Trinajstić information content (AvgIpc) is 2.76. The van der Waals surface area contributed by atoms with Gasteiger partial charge in [0, 0.05) is 26.7 Å². The lowest BCUT2D eigenvalue weighted by molar-refractivity contribution is 0.0980. The van der Waals surface area contributed by atoms with Crippen LogP contribution in [0.5, 0.6) is 0 Å². The maximum atomic E-state index is 11.8. The van der Waals surface area contributed by atoms with Crippen LogP contribution in [-0.2, 0) is 6.42 Å². The number of hydrogen-bond acceptors (Lipinski definition) is 2. The van der Waals surface area contributed by atoms with E-state index in [0.29, 0.717) is 6.42 Å². The fourth-order valence-corrected chi connectivity index (χ4v) is 3.17. The third-order valence-corrected chi connectivity index (χ3v) is 4.30. The molecule has 0 aliphatic rings. The van der Waals surface area contributed by atoms with Crippen molar-refractivity contribution >= 4 is 33.0 Å². The first-order valence-corrected chi connectivity index (χ1v) is 7.24. The minimum absolute atomic E-state index is 0.237. The van der Waals surface area contributed by atoms with Crippen LogP contribution in [0.3, 0.4) is 0 Å². The van der Waals surface area contributed by atoms with Gasteiger partial charge in [-0.05, 0) is 34.8 Å². The second-order valence-corrected chi connectivity index (χ2v) is 5.79. The topological polar surface area (TPSA) is 17.1 Å². The molecule has 0 saturated carbocycles. The smallest absolute Gasteiger partial charge is 0.162 e. The van der Waals surface area contributed by atoms with Crippen LogP contribution in [0.25, 0.3) is 0 Å². The van der Waals surface area contributed by atoms with E-state index < -0.39 is 0 Å². The molecule has 0 bridgehead atoms. The second-order valence-electron chi connectivity index (χ2n) is 3.87. The Balaban J connectivity index is 1.81. The summed E-state index contributed by atoms with van der Waals surface area (Å²) >= 11 is 5.17. The number of Topliss-reactive ketones (excluding diaryl/α,β-unsaturated/α-hetero) is 1. The van der Waals surface area contributed by atoms with Crippen LogP contribution < -0.4 is 0 Å². The van der Waals surface area contributed by atoms with Crippen LogP contribution in [0.4, 0.5) is 0 Å². The molecule has 1 nitrogen and oxygen atoms in total. The quantitative estimate of drug-likeness (QED) is 0.731. The van der Waals surface area contributed by atoms with E-state index in [1.165, 1.54) is 4.88 Å². The second kappa shape index (κ2) is 6.12. The van der Waals surface area contributed by atoms with Crippen LogP contribution in [0.15, 0.2) is 46.3 Å². The molecule has 0 radical (unpaired) electrons. The van der Waals surface area contributed by atoms with Gasteiger partial charge in [0.05, 0.1) is 0 Å². The lowest BCUT2D eigenvalue weighted by Crippen LogP contribution is -1.98. The van der Waals surface area contributed by atoms with E-state index in [0.717, 1.165) is 22.9 Å². The summed E-state index contributed by atoms with van der Waals surface area (Å²) in [6, 6.07) is 11.6. The van der Waals surface area contributed by atoms with Crippen molar-refractivity contribution in [3.8, 4) is 0 Å². The average molecular weight is 309 g/mol. The van der Waals surface area contributed by atoms with Gasteiger partial charge in [0.1, 0.15) is 0 Å². The van der Waals surface area contributed by atoms with Crippen LogP contribution in [0, 0.1) is 0 Å². The standard InChI is InChI=1S/C14H13BrOS/c15-12-9-13(17-10-12)7-4-8-14(16)11-5-2-1-3-6-11/h1-3,5-6,9-10H,4,7-8H2. The third kappa shape index (κ3) is 3.79. The molecule has 0 N–H and O–H groups in total. The summed E-state index contributed by atoms with van der Waals surface area (Å²) in [5.74, 6) is 0.237. The van der Waals surface area contributed by atoms with Crippen molar-refractivity contribution in [2.45, 2.75) is 19.3 Å². The van der Waals surface area contributed by atoms with E-state index in [1.54, 1.807) is 11.3 Å². The number of hydrogen-bond donors (Lipinski definition) is 0. The summed E-state index contributed by atoms with van der Waals surface area (Å²) in [5.41, 5.74) is 0.819. The Morgan fingerprint density at radius 1 is 1.24 bits per heavy atom. The summed E-state index contributed by atoms with van der Waals surface area (Å²) in [4.78, 5) is 13.2. The first-order valence-electron chi connectivity index (χ1n) is 5.57. The van der Waals surface area contributed by atoms with Crippen LogP contribution in [-0.4, -0.2) is 5.78 Å². The number of carbonyl (C=O) groups is 1. The molecule has 3 heteroatoms. The Bertz CT molecular complexity index is 490. The molecule has 2 rings (SSSR count). The van der Waals surface area contributed by atoms with Gasteiger partial charge in [0.25, 0.3) is 0 Å². The van der Waals surface area contributed by atoms with Crippen molar-refractivity contribution in [3.05, 3.63) is 56.7 Å². The molecule has 1 aromatic carbocycles. The Morgan fingerprint density at radius 2 is 2.00 bits per heavy atom. The van der Waals surface area contributed by atoms with Crippen molar-refractivity contribution in [1.29, 1.82) is 0 Å². The molecule has 0 amide bonds. The predicted octanol–water partition coefficient (Wildman–Crippen LogP) is 4.72. The summed E-state index contributed by atoms with van der Waals surface area (Å²) < 4.78 is 1.13. The maximum Gasteiger partial charge on any atom is 0.162 e. The van der Waals surface area contributed by atoms with Crippen molar-refractivity contribution in [2.24, 2.45) is 0 Å². The predicted molar refractivity (Wildman–Crippen MR) is 75.7 cm³/mol. The SMILES string of the molecule is O=C(CCCc1cc(Br)cs1)c1ccccc1. The molecule has 0 spiro atoms. The molecule has 0 fully saturated rings. The maximum absolute atomic E-state index is 11.8. The highest BCUT2D eigenvalue weighted by Gasteiger charge is 2.05. The zero-order valence-electron chi connectivity index (χ0n) is 9.36. The molecule has 1 heterocycles. The molecule has 0 unspecified atom stereocenters. The number of halogens is 1. The minimum atomic E-state index is 0.237. The van der Waals surface area contributed by atoms with Gasteiger partial charge in [-0.1, -0.05) is 30.3 Å². The molecule has 0 saturated heterocycles. The fourth-order valence-electron chi connectivity index (χ4n) is 1.68. The van der Waals surface area contributed by atoms with Crippen LogP contribution in [0.1, 0.15) is 28.1 Å². The van der Waals surface area contributed by atoms with E-state index in [4.69, 9.17) is 0 Å². The van der Waals surface area contributed by atoms with Crippen molar-refractivity contribution < 1.29 is 4.79 Å². The van der Waals surface area contributed by atoms with E-state index in [-0.39, 0.29) is 5.78 Å². The Labute approximate surface area is 114 Å². The zero-order valence-corrected chi connectivity index (χ0v) is 11.8. The van der Waals surface area contributed by atoms with E-state index in [2.05, 4.69) is 27.4 Å².